The first-order valence-corrected chi connectivity index (χ1v) is 11.1. The summed E-state index contributed by atoms with van der Waals surface area (Å²) in [5, 5.41) is 3.44. The van der Waals surface area contributed by atoms with E-state index in [0.717, 1.165) is 24.8 Å². The molecule has 0 saturated carbocycles. The Morgan fingerprint density at radius 1 is 1.28 bits per heavy atom. The van der Waals surface area contributed by atoms with Crippen LogP contribution in [-0.2, 0) is 22.7 Å². The van der Waals surface area contributed by atoms with Gasteiger partial charge in [-0.1, -0.05) is 20.8 Å². The highest BCUT2D eigenvalue weighted by Crippen LogP contribution is 2.43. The fraction of sp³-hybridized carbons (Fsp3) is 0.706. The van der Waals surface area contributed by atoms with Crippen molar-refractivity contribution in [1.82, 2.24) is 5.32 Å². The number of halogens is 1. The third-order valence-electron chi connectivity index (χ3n) is 5.31. The van der Waals surface area contributed by atoms with E-state index < -0.39 is 9.84 Å². The van der Waals surface area contributed by atoms with Gasteiger partial charge in [0.25, 0.3) is 5.91 Å². The van der Waals surface area contributed by atoms with E-state index in [4.69, 9.17) is 5.73 Å². The minimum atomic E-state index is -3.00. The fourth-order valence-electron chi connectivity index (χ4n) is 3.76. The number of carbonyl (C=O) groups is 1. The molecule has 1 aromatic heterocycles. The van der Waals surface area contributed by atoms with E-state index in [1.807, 2.05) is 0 Å². The van der Waals surface area contributed by atoms with Gasteiger partial charge in [0.2, 0.25) is 0 Å². The molecular weight excluding hydrogens is 380 g/mol. The van der Waals surface area contributed by atoms with Crippen LogP contribution in [0.15, 0.2) is 0 Å². The summed E-state index contributed by atoms with van der Waals surface area (Å²) >= 11 is 1.52. The maximum Gasteiger partial charge on any atom is 0.254 e. The SMILES string of the molecule is CC(C)(C)C1CCc2c(sc(N)c2C(=O)NC2CCS(=O)(=O)C2)C1.Cl. The topological polar surface area (TPSA) is 89.3 Å². The average molecular weight is 407 g/mol. The van der Waals surface area contributed by atoms with E-state index in [1.54, 1.807) is 0 Å². The molecule has 2 unspecified atom stereocenters. The average Bonchev–Trinajstić information content (AvgIpc) is 2.95. The summed E-state index contributed by atoms with van der Waals surface area (Å²) in [5.74, 6) is 0.583. The second kappa shape index (κ2) is 7.08. The number of hydrogen-bond donors (Lipinski definition) is 2. The van der Waals surface area contributed by atoms with Crippen molar-refractivity contribution in [3.8, 4) is 0 Å². The van der Waals surface area contributed by atoms with E-state index in [2.05, 4.69) is 26.1 Å². The van der Waals surface area contributed by atoms with Crippen molar-refractivity contribution < 1.29 is 13.2 Å². The number of rotatable bonds is 2. The largest absolute Gasteiger partial charge is 0.390 e. The molecule has 5 nitrogen and oxygen atoms in total. The van der Waals surface area contributed by atoms with Crippen molar-refractivity contribution in [1.29, 1.82) is 0 Å². The number of nitrogens with two attached hydrogens (primary N) is 1. The lowest BCUT2D eigenvalue weighted by Gasteiger charge is -2.33. The molecule has 2 aliphatic rings. The van der Waals surface area contributed by atoms with Gasteiger partial charge in [0.15, 0.2) is 9.84 Å². The highest BCUT2D eigenvalue weighted by Gasteiger charge is 2.35. The van der Waals surface area contributed by atoms with E-state index >= 15 is 0 Å². The molecule has 3 rings (SSSR count). The predicted molar refractivity (Wildman–Crippen MR) is 105 cm³/mol. The number of fused-ring (bicyclic) bond motifs is 1. The van der Waals surface area contributed by atoms with Crippen LogP contribution < -0.4 is 11.1 Å². The Balaban J connectivity index is 0.00000225. The van der Waals surface area contributed by atoms with Gasteiger partial charge in [-0.2, -0.15) is 0 Å². The molecule has 0 aromatic carbocycles. The van der Waals surface area contributed by atoms with Gasteiger partial charge in [0.1, 0.15) is 0 Å². The molecule has 1 aliphatic carbocycles. The lowest BCUT2D eigenvalue weighted by atomic mass is 9.72. The molecule has 2 atom stereocenters. The predicted octanol–water partition coefficient (Wildman–Crippen LogP) is 2.82. The Morgan fingerprint density at radius 2 is 1.96 bits per heavy atom. The first kappa shape index (κ1) is 20.5. The standard InChI is InChI=1S/C17H26N2O3S2.ClH/c1-17(2,3)10-4-5-12-13(8-10)23-15(18)14(12)16(20)19-11-6-7-24(21,22)9-11;/h10-11H,4-9,18H2,1-3H3,(H,19,20);1H. The summed E-state index contributed by atoms with van der Waals surface area (Å²) in [6, 6.07) is -0.289. The van der Waals surface area contributed by atoms with Crippen LogP contribution in [0.25, 0.3) is 0 Å². The van der Waals surface area contributed by atoms with Crippen molar-refractivity contribution >= 4 is 44.5 Å². The van der Waals surface area contributed by atoms with Crippen molar-refractivity contribution in [2.24, 2.45) is 11.3 Å². The number of carbonyl (C=O) groups excluding carboxylic acids is 1. The van der Waals surface area contributed by atoms with E-state index in [-0.39, 0.29) is 41.3 Å². The van der Waals surface area contributed by atoms with E-state index in [1.165, 1.54) is 16.2 Å². The van der Waals surface area contributed by atoms with Gasteiger partial charge in [-0.05, 0) is 42.6 Å². The summed E-state index contributed by atoms with van der Waals surface area (Å²) in [6.45, 7) is 6.77. The molecule has 3 N–H and O–H groups in total. The van der Waals surface area contributed by atoms with Crippen molar-refractivity contribution in [3.05, 3.63) is 16.0 Å². The van der Waals surface area contributed by atoms with Crippen LogP contribution >= 0.6 is 23.7 Å². The van der Waals surface area contributed by atoms with Crippen LogP contribution in [0.5, 0.6) is 0 Å². The van der Waals surface area contributed by atoms with Crippen LogP contribution in [0.3, 0.4) is 0 Å². The van der Waals surface area contributed by atoms with Gasteiger partial charge in [-0.25, -0.2) is 8.42 Å². The molecule has 25 heavy (non-hydrogen) atoms. The molecule has 0 bridgehead atoms. The summed E-state index contributed by atoms with van der Waals surface area (Å²) in [4.78, 5) is 13.9. The third-order valence-corrected chi connectivity index (χ3v) is 8.16. The number of sulfone groups is 1. The normalized spacial score (nSPS) is 25.1. The summed E-state index contributed by atoms with van der Waals surface area (Å²) < 4.78 is 23.1. The monoisotopic (exact) mass is 406 g/mol. The number of hydrogen-bond acceptors (Lipinski definition) is 5. The maximum absolute atomic E-state index is 12.7. The summed E-state index contributed by atoms with van der Waals surface area (Å²) in [6.07, 6.45) is 3.40. The van der Waals surface area contributed by atoms with Gasteiger partial charge in [-0.3, -0.25) is 4.79 Å². The minimum absolute atomic E-state index is 0. The zero-order chi connectivity index (χ0) is 17.7. The smallest absolute Gasteiger partial charge is 0.254 e. The molecule has 1 fully saturated rings. The lowest BCUT2D eigenvalue weighted by molar-refractivity contribution is 0.0941. The number of amides is 1. The molecule has 2 heterocycles. The molecule has 1 amide bonds. The Hall–Kier alpha value is -0.790. The molecule has 1 aromatic rings. The molecular formula is C17H27ClN2O3S2. The first-order chi connectivity index (χ1) is 11.1. The van der Waals surface area contributed by atoms with Crippen molar-refractivity contribution in [2.45, 2.75) is 52.5 Å². The Labute approximate surface area is 160 Å². The van der Waals surface area contributed by atoms with Crippen LogP contribution in [0.1, 0.15) is 54.4 Å². The van der Waals surface area contributed by atoms with Crippen LogP contribution in [-0.4, -0.2) is 31.9 Å². The molecule has 142 valence electrons. The maximum atomic E-state index is 12.7. The zero-order valence-corrected chi connectivity index (χ0v) is 17.4. The molecule has 1 saturated heterocycles. The Bertz CT molecular complexity index is 766. The minimum Gasteiger partial charge on any atom is -0.390 e. The van der Waals surface area contributed by atoms with E-state index in [9.17, 15) is 13.2 Å². The second-order valence-corrected chi connectivity index (χ2v) is 11.5. The number of thiophene rings is 1. The highest BCUT2D eigenvalue weighted by atomic mass is 35.5. The number of nitrogen functional groups attached to an aromatic ring is 1. The van der Waals surface area contributed by atoms with Crippen LogP contribution in [0, 0.1) is 11.3 Å². The Kier molecular flexibility index (Phi) is 5.81. The van der Waals surface area contributed by atoms with Crippen LogP contribution in [0.4, 0.5) is 5.00 Å². The highest BCUT2D eigenvalue weighted by molar-refractivity contribution is 7.91. The van der Waals surface area contributed by atoms with Gasteiger partial charge in [0, 0.05) is 10.9 Å². The fourth-order valence-corrected chi connectivity index (χ4v) is 6.63. The van der Waals surface area contributed by atoms with Gasteiger partial charge >= 0.3 is 0 Å². The first-order valence-electron chi connectivity index (χ1n) is 8.48. The number of anilines is 1. The molecule has 8 heteroatoms. The van der Waals surface area contributed by atoms with Crippen molar-refractivity contribution in [3.63, 3.8) is 0 Å². The van der Waals surface area contributed by atoms with Gasteiger partial charge in [0.05, 0.1) is 22.1 Å². The summed E-state index contributed by atoms with van der Waals surface area (Å²) in [7, 11) is -3.00. The van der Waals surface area contributed by atoms with Crippen molar-refractivity contribution in [2.75, 3.05) is 17.2 Å². The second-order valence-electron chi connectivity index (χ2n) is 8.12. The number of nitrogens with one attached hydrogen (secondary N) is 1. The summed E-state index contributed by atoms with van der Waals surface area (Å²) in [5.41, 5.74) is 8.06. The molecule has 1 aliphatic heterocycles. The third kappa shape index (κ3) is 4.31. The lowest BCUT2D eigenvalue weighted by Crippen LogP contribution is -2.36. The van der Waals surface area contributed by atoms with Gasteiger partial charge < -0.3 is 11.1 Å². The van der Waals surface area contributed by atoms with Gasteiger partial charge in [-0.15, -0.1) is 23.7 Å². The Morgan fingerprint density at radius 3 is 2.52 bits per heavy atom. The molecule has 0 spiro atoms. The van der Waals surface area contributed by atoms with Crippen LogP contribution in [0.2, 0.25) is 0 Å². The van der Waals surface area contributed by atoms with E-state index in [0.29, 0.717) is 22.9 Å². The quantitative estimate of drug-likeness (QED) is 0.790. The molecule has 0 radical (unpaired) electrons. The zero-order valence-electron chi connectivity index (χ0n) is 14.9.